The van der Waals surface area contributed by atoms with Crippen LogP contribution in [0.5, 0.6) is 0 Å². The van der Waals surface area contributed by atoms with Crippen molar-refractivity contribution in [1.82, 2.24) is 0 Å². The molecule has 0 radical (unpaired) electrons. The van der Waals surface area contributed by atoms with E-state index in [1.807, 2.05) is 0 Å². The molecule has 2 aromatic rings. The van der Waals surface area contributed by atoms with Gasteiger partial charge in [-0.15, -0.1) is 17.9 Å². The molecule has 0 amide bonds. The molecule has 82 valence electrons. The Balaban J connectivity index is 2.57. The van der Waals surface area contributed by atoms with Gasteiger partial charge in [0.25, 0.3) is 0 Å². The molecule has 0 aliphatic heterocycles. The second kappa shape index (κ2) is 6.19. The third-order valence-electron chi connectivity index (χ3n) is 2.45. The third kappa shape index (κ3) is 2.70. The van der Waals surface area contributed by atoms with Gasteiger partial charge in [0.15, 0.2) is 0 Å². The molecule has 0 aromatic heterocycles. The minimum Gasteiger partial charge on any atom is -0.110 e. The van der Waals surface area contributed by atoms with Crippen LogP contribution < -0.4 is 10.6 Å². The smallest absolute Gasteiger partial charge is 0.00774 e. The second-order valence-corrected chi connectivity index (χ2v) is 6.73. The molecule has 4 atom stereocenters. The van der Waals surface area contributed by atoms with E-state index in [4.69, 9.17) is 0 Å². The van der Waals surface area contributed by atoms with Crippen LogP contribution in [0.15, 0.2) is 48.5 Å². The first-order valence-corrected chi connectivity index (χ1v) is 10.6. The van der Waals surface area contributed by atoms with E-state index in [0.717, 1.165) is 16.5 Å². The summed E-state index contributed by atoms with van der Waals surface area (Å²) in [7, 11) is 7.26. The molecular weight excluding hydrogens is 268 g/mol. The van der Waals surface area contributed by atoms with E-state index in [1.165, 1.54) is 21.7 Å². The van der Waals surface area contributed by atoms with Gasteiger partial charge in [-0.1, -0.05) is 65.1 Å². The Hall–Kier alpha value is 0.160. The van der Waals surface area contributed by atoms with Crippen LogP contribution in [-0.2, 0) is 0 Å². The molecular formula is C12H14P4. The lowest BCUT2D eigenvalue weighted by atomic mass is 10.1. The van der Waals surface area contributed by atoms with Crippen LogP contribution in [0.1, 0.15) is 0 Å². The molecule has 16 heavy (non-hydrogen) atoms. The fourth-order valence-electron chi connectivity index (χ4n) is 1.69. The average Bonchev–Trinajstić information content (AvgIpc) is 2.38. The molecule has 0 fully saturated rings. The normalized spacial score (nSPS) is 11.9. The highest BCUT2D eigenvalue weighted by molar-refractivity contribution is 8.10. The van der Waals surface area contributed by atoms with Crippen molar-refractivity contribution in [1.29, 1.82) is 0 Å². The summed E-state index contributed by atoms with van der Waals surface area (Å²) in [5, 5.41) is 2.94. The predicted molar refractivity (Wildman–Crippen MR) is 87.2 cm³/mol. The maximum atomic E-state index is 2.86. The maximum absolute atomic E-state index is 2.86. The standard InChI is InChI=1S/C12H14P4/c13-15-11-8-4-7-10(12(11)16-14)9-5-2-1-3-6-9/h1-8,15-16H,13-14H2. The highest BCUT2D eigenvalue weighted by Crippen LogP contribution is 2.31. The monoisotopic (exact) mass is 282 g/mol. The van der Waals surface area contributed by atoms with Gasteiger partial charge in [-0.05, 0) is 21.7 Å². The summed E-state index contributed by atoms with van der Waals surface area (Å²) >= 11 is 0. The molecule has 0 heterocycles. The lowest BCUT2D eigenvalue weighted by Gasteiger charge is -2.12. The SMILES string of the molecule is PPc1cccc(-c2ccccc2)c1PP. The zero-order valence-corrected chi connectivity index (χ0v) is 13.1. The fourth-order valence-corrected chi connectivity index (χ4v) is 5.73. The maximum Gasteiger partial charge on any atom is -0.00774 e. The minimum absolute atomic E-state index is 0.770. The average molecular weight is 282 g/mol. The van der Waals surface area contributed by atoms with Gasteiger partial charge in [0.05, 0.1) is 0 Å². The van der Waals surface area contributed by atoms with Crippen molar-refractivity contribution in [3.8, 4) is 11.1 Å². The van der Waals surface area contributed by atoms with Crippen LogP contribution in [0.3, 0.4) is 0 Å². The summed E-state index contributed by atoms with van der Waals surface area (Å²) in [5.41, 5.74) is 2.69. The summed E-state index contributed by atoms with van der Waals surface area (Å²) < 4.78 is 0. The molecule has 0 nitrogen and oxygen atoms in total. The highest BCUT2D eigenvalue weighted by atomic mass is 32.0. The first-order valence-electron chi connectivity index (χ1n) is 4.98. The Labute approximate surface area is 105 Å². The van der Waals surface area contributed by atoms with E-state index in [1.54, 1.807) is 0 Å². The van der Waals surface area contributed by atoms with Crippen molar-refractivity contribution in [2.45, 2.75) is 0 Å². The summed E-state index contributed by atoms with van der Waals surface area (Å²) in [6, 6.07) is 17.2. The van der Waals surface area contributed by atoms with Gasteiger partial charge in [-0.25, -0.2) is 0 Å². The molecule has 4 heteroatoms. The number of hydrogen-bond donors (Lipinski definition) is 0. The first kappa shape index (κ1) is 12.6. The molecule has 2 rings (SSSR count). The van der Waals surface area contributed by atoms with E-state index in [0.29, 0.717) is 0 Å². The Bertz CT molecular complexity index is 468. The van der Waals surface area contributed by atoms with Crippen LogP contribution >= 0.6 is 34.4 Å². The Morgan fingerprint density at radius 3 is 2.12 bits per heavy atom. The summed E-state index contributed by atoms with van der Waals surface area (Å²) in [4.78, 5) is 0. The molecule has 2 aromatic carbocycles. The zero-order chi connectivity index (χ0) is 11.4. The van der Waals surface area contributed by atoms with Crippen LogP contribution in [-0.4, -0.2) is 0 Å². The number of hydrogen-bond acceptors (Lipinski definition) is 0. The molecule has 0 spiro atoms. The highest BCUT2D eigenvalue weighted by Gasteiger charge is 2.06. The largest absolute Gasteiger partial charge is 0.110 e. The second-order valence-electron chi connectivity index (χ2n) is 3.38. The van der Waals surface area contributed by atoms with Crippen molar-refractivity contribution in [3.05, 3.63) is 48.5 Å². The number of rotatable bonds is 3. The number of benzene rings is 2. The third-order valence-corrected chi connectivity index (χ3v) is 6.05. The Morgan fingerprint density at radius 2 is 1.50 bits per heavy atom. The van der Waals surface area contributed by atoms with Gasteiger partial charge in [-0.3, -0.25) is 0 Å². The summed E-state index contributed by atoms with van der Waals surface area (Å²) in [6.45, 7) is 0. The molecule has 0 saturated heterocycles. The van der Waals surface area contributed by atoms with Crippen molar-refractivity contribution in [2.75, 3.05) is 0 Å². The van der Waals surface area contributed by atoms with Crippen LogP contribution in [0.4, 0.5) is 0 Å². The van der Waals surface area contributed by atoms with E-state index in [9.17, 15) is 0 Å². The van der Waals surface area contributed by atoms with Gasteiger partial charge >= 0.3 is 0 Å². The molecule has 0 N–H and O–H groups in total. The lowest BCUT2D eigenvalue weighted by Crippen LogP contribution is -2.15. The van der Waals surface area contributed by atoms with Crippen molar-refractivity contribution in [3.63, 3.8) is 0 Å². The van der Waals surface area contributed by atoms with Gasteiger partial charge in [-0.2, -0.15) is 0 Å². The van der Waals surface area contributed by atoms with Crippen LogP contribution in [0.2, 0.25) is 0 Å². The molecule has 0 aliphatic carbocycles. The molecule has 4 unspecified atom stereocenters. The van der Waals surface area contributed by atoms with Crippen molar-refractivity contribution in [2.24, 2.45) is 0 Å². The molecule has 0 aliphatic rings. The van der Waals surface area contributed by atoms with Crippen molar-refractivity contribution < 1.29 is 0 Å². The van der Waals surface area contributed by atoms with E-state index in [-0.39, 0.29) is 0 Å². The Morgan fingerprint density at radius 1 is 0.750 bits per heavy atom. The van der Waals surface area contributed by atoms with E-state index in [2.05, 4.69) is 66.4 Å². The summed E-state index contributed by atoms with van der Waals surface area (Å²) in [5.74, 6) is 0. The van der Waals surface area contributed by atoms with Gasteiger partial charge in [0.1, 0.15) is 0 Å². The molecule has 0 bridgehead atoms. The predicted octanol–water partition coefficient (Wildman–Crippen LogP) is 3.54. The lowest BCUT2D eigenvalue weighted by molar-refractivity contribution is 1.66. The van der Waals surface area contributed by atoms with Crippen LogP contribution in [0, 0.1) is 0 Å². The fraction of sp³-hybridized carbons (Fsp3) is 0. The van der Waals surface area contributed by atoms with Crippen LogP contribution in [0.25, 0.3) is 11.1 Å². The van der Waals surface area contributed by atoms with E-state index >= 15 is 0 Å². The minimum atomic E-state index is 0.770. The topological polar surface area (TPSA) is 0 Å². The zero-order valence-electron chi connectivity index (χ0n) is 8.77. The van der Waals surface area contributed by atoms with Gasteiger partial charge in [0.2, 0.25) is 0 Å². The van der Waals surface area contributed by atoms with Crippen molar-refractivity contribution >= 4 is 45.0 Å². The van der Waals surface area contributed by atoms with Gasteiger partial charge in [0, 0.05) is 0 Å². The van der Waals surface area contributed by atoms with Gasteiger partial charge < -0.3 is 0 Å². The first-order chi connectivity index (χ1) is 7.86. The summed E-state index contributed by atoms with van der Waals surface area (Å²) in [6.07, 6.45) is 0. The van der Waals surface area contributed by atoms with E-state index < -0.39 is 0 Å². The quantitative estimate of drug-likeness (QED) is 0.755. The molecule has 0 saturated carbocycles. The Kier molecular flexibility index (Phi) is 4.88.